The van der Waals surface area contributed by atoms with Gasteiger partial charge < -0.3 is 14.2 Å². The molecule has 0 unspecified atom stereocenters. The highest BCUT2D eigenvalue weighted by molar-refractivity contribution is 6.35. The summed E-state index contributed by atoms with van der Waals surface area (Å²) in [6.07, 6.45) is 10.4. The van der Waals surface area contributed by atoms with Crippen LogP contribution >= 0.6 is 11.6 Å². The van der Waals surface area contributed by atoms with E-state index in [0.29, 0.717) is 29.2 Å². The Morgan fingerprint density at radius 2 is 1.88 bits per heavy atom. The summed E-state index contributed by atoms with van der Waals surface area (Å²) in [6.45, 7) is 3.95. The van der Waals surface area contributed by atoms with Gasteiger partial charge in [0, 0.05) is 12.0 Å². The van der Waals surface area contributed by atoms with Crippen LogP contribution in [-0.2, 0) is 0 Å². The van der Waals surface area contributed by atoms with E-state index < -0.39 is 5.60 Å². The molecule has 4 nitrogen and oxygen atoms in total. The summed E-state index contributed by atoms with van der Waals surface area (Å²) < 4.78 is 17.0. The number of halogens is 1. The molecule has 3 rings (SSSR count). The van der Waals surface area contributed by atoms with E-state index in [1.165, 1.54) is 14.2 Å². The number of Topliss-reactive ketones (excluding diaryl/α,β-unsaturated/α-hetero) is 1. The largest absolute Gasteiger partial charge is 0.496 e. The van der Waals surface area contributed by atoms with Crippen molar-refractivity contribution in [2.45, 2.75) is 25.9 Å². The molecule has 0 radical (unpaired) electrons. The minimum atomic E-state index is -1.11. The second-order valence-electron chi connectivity index (χ2n) is 6.33. The molecular weight excluding hydrogens is 340 g/mol. The maximum atomic E-state index is 13.5. The van der Waals surface area contributed by atoms with Crippen LogP contribution in [0.25, 0.3) is 0 Å². The third kappa shape index (κ3) is 2.56. The minimum Gasteiger partial charge on any atom is -0.496 e. The quantitative estimate of drug-likeness (QED) is 0.775. The highest BCUT2D eigenvalue weighted by Gasteiger charge is 2.55. The van der Waals surface area contributed by atoms with E-state index in [-0.39, 0.29) is 16.7 Å². The van der Waals surface area contributed by atoms with Gasteiger partial charge in [0.25, 0.3) is 0 Å². The first-order valence-electron chi connectivity index (χ1n) is 8.18. The van der Waals surface area contributed by atoms with Crippen molar-refractivity contribution in [3.8, 4) is 17.2 Å². The fourth-order valence-corrected chi connectivity index (χ4v) is 3.68. The highest BCUT2D eigenvalue weighted by atomic mass is 35.5. The van der Waals surface area contributed by atoms with Gasteiger partial charge in [-0.3, -0.25) is 4.79 Å². The van der Waals surface area contributed by atoms with Gasteiger partial charge in [0.05, 0.1) is 14.2 Å². The van der Waals surface area contributed by atoms with Crippen LogP contribution < -0.4 is 14.2 Å². The molecule has 0 N–H and O–H groups in total. The molecule has 132 valence electrons. The first-order chi connectivity index (χ1) is 12.0. The number of ketones is 1. The van der Waals surface area contributed by atoms with E-state index in [2.05, 4.69) is 0 Å². The van der Waals surface area contributed by atoms with Gasteiger partial charge >= 0.3 is 0 Å². The van der Waals surface area contributed by atoms with E-state index in [1.807, 2.05) is 44.2 Å². The summed E-state index contributed by atoms with van der Waals surface area (Å²) >= 11 is 6.45. The second kappa shape index (κ2) is 6.60. The van der Waals surface area contributed by atoms with Crippen LogP contribution in [0.15, 0.2) is 42.0 Å². The molecule has 0 saturated carbocycles. The Bertz CT molecular complexity index is 804. The number of carbonyl (C=O) groups is 1. The topological polar surface area (TPSA) is 44.8 Å². The number of allylic oxidation sites excluding steroid dienone is 5. The normalized spacial score (nSPS) is 21.7. The monoisotopic (exact) mass is 360 g/mol. The van der Waals surface area contributed by atoms with Gasteiger partial charge in [-0.2, -0.15) is 0 Å². The van der Waals surface area contributed by atoms with Crippen molar-refractivity contribution in [1.29, 1.82) is 0 Å². The molecule has 5 heteroatoms. The molecule has 0 fully saturated rings. The zero-order valence-electron chi connectivity index (χ0n) is 14.8. The third-order valence-electron chi connectivity index (χ3n) is 4.70. The summed E-state index contributed by atoms with van der Waals surface area (Å²) in [7, 11) is 3.03. The van der Waals surface area contributed by atoms with Crippen molar-refractivity contribution in [3.05, 3.63) is 52.6 Å². The number of methoxy groups -OCH3 is 2. The second-order valence-corrected chi connectivity index (χ2v) is 6.71. The molecule has 1 heterocycles. The van der Waals surface area contributed by atoms with Crippen molar-refractivity contribution >= 4 is 17.4 Å². The molecule has 1 aliphatic heterocycles. The van der Waals surface area contributed by atoms with Crippen LogP contribution in [0.5, 0.6) is 17.2 Å². The lowest BCUT2D eigenvalue weighted by molar-refractivity contribution is 0.0515. The van der Waals surface area contributed by atoms with Gasteiger partial charge in [-0.25, -0.2) is 0 Å². The summed E-state index contributed by atoms with van der Waals surface area (Å²) in [6, 6.07) is 1.63. The molecule has 0 amide bonds. The van der Waals surface area contributed by atoms with Crippen molar-refractivity contribution in [2.24, 2.45) is 5.92 Å². The predicted molar refractivity (Wildman–Crippen MR) is 98.1 cm³/mol. The Balaban J connectivity index is 2.23. The molecule has 25 heavy (non-hydrogen) atoms. The number of ether oxygens (including phenoxy) is 3. The summed E-state index contributed by atoms with van der Waals surface area (Å²) in [5.74, 6) is 0.928. The predicted octanol–water partition coefficient (Wildman–Crippen LogP) is 4.77. The number of hydrogen-bond donors (Lipinski definition) is 0. The number of benzene rings is 1. The van der Waals surface area contributed by atoms with Gasteiger partial charge in [-0.15, -0.1) is 0 Å². The molecule has 1 aliphatic carbocycles. The molecule has 0 aromatic heterocycles. The maximum absolute atomic E-state index is 13.5. The van der Waals surface area contributed by atoms with Crippen LogP contribution in [0.3, 0.4) is 0 Å². The number of carbonyl (C=O) groups excluding carboxylic acids is 1. The van der Waals surface area contributed by atoms with Gasteiger partial charge in [-0.05, 0) is 12.0 Å². The van der Waals surface area contributed by atoms with Gasteiger partial charge in [0.15, 0.2) is 11.4 Å². The first-order valence-corrected chi connectivity index (χ1v) is 8.56. The van der Waals surface area contributed by atoms with Gasteiger partial charge in [-0.1, -0.05) is 55.8 Å². The zero-order chi connectivity index (χ0) is 18.2. The van der Waals surface area contributed by atoms with Crippen LogP contribution in [0.4, 0.5) is 0 Å². The van der Waals surface area contributed by atoms with E-state index >= 15 is 0 Å². The highest BCUT2D eigenvalue weighted by Crippen LogP contribution is 2.53. The lowest BCUT2D eigenvalue weighted by Gasteiger charge is -2.33. The fraction of sp³-hybridized carbons (Fsp3) is 0.350. The van der Waals surface area contributed by atoms with Crippen molar-refractivity contribution in [1.82, 2.24) is 0 Å². The summed E-state index contributed by atoms with van der Waals surface area (Å²) in [5, 5.41) is 0.287. The van der Waals surface area contributed by atoms with E-state index in [9.17, 15) is 4.79 Å². The molecule has 0 bridgehead atoms. The standard InChI is InChI=1S/C20H21ClO4/c1-12(2)20(13-9-7-5-6-8-10-13)19(22)16-14(23-3)11-15(24-4)17(21)18(16)25-20/h5-9,11-12H,10H2,1-4H3/t20-/m0/s1. The Hall–Kier alpha value is -2.20. The molecular formula is C20H21ClO4. The summed E-state index contributed by atoms with van der Waals surface area (Å²) in [5.41, 5.74) is 0.163. The summed E-state index contributed by atoms with van der Waals surface area (Å²) in [4.78, 5) is 13.5. The average molecular weight is 361 g/mol. The lowest BCUT2D eigenvalue weighted by Crippen LogP contribution is -2.47. The van der Waals surface area contributed by atoms with Crippen LogP contribution in [0.1, 0.15) is 30.6 Å². The first kappa shape index (κ1) is 17.6. The molecule has 1 aromatic carbocycles. The van der Waals surface area contributed by atoms with Gasteiger partial charge in [0.2, 0.25) is 5.78 Å². The van der Waals surface area contributed by atoms with Crippen LogP contribution in [0, 0.1) is 5.92 Å². The van der Waals surface area contributed by atoms with E-state index in [4.69, 9.17) is 25.8 Å². The Morgan fingerprint density at radius 1 is 1.16 bits per heavy atom. The number of hydrogen-bond acceptors (Lipinski definition) is 4. The maximum Gasteiger partial charge on any atom is 0.218 e. The van der Waals surface area contributed by atoms with E-state index in [0.717, 1.165) is 5.57 Å². The minimum absolute atomic E-state index is 0.0923. The SMILES string of the molecule is COc1cc(OC)c2c(c1Cl)O[C@](C1=CC=CC=CC1)(C(C)C)C2=O. The van der Waals surface area contributed by atoms with Crippen molar-refractivity contribution in [2.75, 3.05) is 14.2 Å². The number of rotatable bonds is 4. The number of fused-ring (bicyclic) bond motifs is 1. The fourth-order valence-electron chi connectivity index (χ4n) is 3.42. The molecule has 0 saturated heterocycles. The molecule has 1 atom stereocenters. The Labute approximate surface area is 152 Å². The smallest absolute Gasteiger partial charge is 0.218 e. The lowest BCUT2D eigenvalue weighted by atomic mass is 9.77. The zero-order valence-corrected chi connectivity index (χ0v) is 15.5. The van der Waals surface area contributed by atoms with Crippen molar-refractivity contribution < 1.29 is 19.0 Å². The Morgan fingerprint density at radius 3 is 2.52 bits per heavy atom. The van der Waals surface area contributed by atoms with E-state index in [1.54, 1.807) is 6.07 Å². The molecule has 2 aliphatic rings. The average Bonchev–Trinajstić information content (AvgIpc) is 2.77. The van der Waals surface area contributed by atoms with Crippen molar-refractivity contribution in [3.63, 3.8) is 0 Å². The Kier molecular flexibility index (Phi) is 4.65. The molecule has 0 spiro atoms. The van der Waals surface area contributed by atoms with Gasteiger partial charge in [0.1, 0.15) is 22.1 Å². The van der Waals surface area contributed by atoms with Crippen LogP contribution in [-0.4, -0.2) is 25.6 Å². The molecule has 1 aromatic rings. The van der Waals surface area contributed by atoms with Crippen LogP contribution in [0.2, 0.25) is 5.02 Å². The third-order valence-corrected chi connectivity index (χ3v) is 5.06.